The van der Waals surface area contributed by atoms with Gasteiger partial charge in [-0.1, -0.05) is 49.5 Å². The summed E-state index contributed by atoms with van der Waals surface area (Å²) in [5.41, 5.74) is 0.266. The highest BCUT2D eigenvalue weighted by atomic mass is 35.5. The summed E-state index contributed by atoms with van der Waals surface area (Å²) in [6, 6.07) is 6.27. The number of nitrogens with one attached hydrogen (secondary N) is 1. The Hall–Kier alpha value is -2.43. The van der Waals surface area contributed by atoms with Crippen molar-refractivity contribution >= 4 is 50.7 Å². The van der Waals surface area contributed by atoms with Crippen LogP contribution >= 0.6 is 23.2 Å². The largest absolute Gasteiger partial charge is 0.354 e. The van der Waals surface area contributed by atoms with E-state index in [1.54, 1.807) is 19.1 Å². The summed E-state index contributed by atoms with van der Waals surface area (Å²) < 4.78 is 53.0. The van der Waals surface area contributed by atoms with Gasteiger partial charge in [-0.15, -0.1) is 0 Å². The minimum atomic E-state index is -4.08. The third-order valence-electron chi connectivity index (χ3n) is 5.44. The molecule has 2 aromatic rings. The summed E-state index contributed by atoms with van der Waals surface area (Å²) in [6.07, 6.45) is 2.68. The second kappa shape index (κ2) is 13.2. The quantitative estimate of drug-likeness (QED) is 0.377. The number of benzene rings is 2. The second-order valence-electron chi connectivity index (χ2n) is 8.19. The molecule has 2 rings (SSSR count). The lowest BCUT2D eigenvalue weighted by Gasteiger charge is -2.33. The van der Waals surface area contributed by atoms with E-state index in [2.05, 4.69) is 5.32 Å². The van der Waals surface area contributed by atoms with Crippen LogP contribution in [0.15, 0.2) is 36.4 Å². The third kappa shape index (κ3) is 8.04. The zero-order valence-corrected chi connectivity index (χ0v) is 22.6. The van der Waals surface area contributed by atoms with E-state index in [1.165, 1.54) is 11.0 Å². The van der Waals surface area contributed by atoms with Crippen LogP contribution in [0.2, 0.25) is 10.0 Å². The summed E-state index contributed by atoms with van der Waals surface area (Å²) in [5, 5.41) is 3.45. The number of carbonyl (C=O) groups is 2. The van der Waals surface area contributed by atoms with Crippen LogP contribution in [0.4, 0.5) is 14.5 Å². The molecule has 0 aliphatic rings. The van der Waals surface area contributed by atoms with Crippen molar-refractivity contribution < 1.29 is 26.8 Å². The summed E-state index contributed by atoms with van der Waals surface area (Å²) in [5.74, 6) is -3.55. The number of sulfonamides is 1. The molecule has 198 valence electrons. The molecular weight excluding hydrogens is 535 g/mol. The third-order valence-corrected chi connectivity index (χ3v) is 7.17. The number of carbonyl (C=O) groups excluding carboxylic acids is 2. The Morgan fingerprint density at radius 1 is 1.06 bits per heavy atom. The average molecular weight is 564 g/mol. The Kier molecular flexibility index (Phi) is 10.9. The zero-order valence-electron chi connectivity index (χ0n) is 20.2. The molecule has 0 bridgehead atoms. The van der Waals surface area contributed by atoms with E-state index in [0.717, 1.165) is 31.2 Å². The van der Waals surface area contributed by atoms with Crippen molar-refractivity contribution in [3.63, 3.8) is 0 Å². The lowest BCUT2D eigenvalue weighted by atomic mass is 10.1. The van der Waals surface area contributed by atoms with Crippen LogP contribution in [0, 0.1) is 11.6 Å². The lowest BCUT2D eigenvalue weighted by Crippen LogP contribution is -2.52. The van der Waals surface area contributed by atoms with Crippen LogP contribution < -0.4 is 9.62 Å². The summed E-state index contributed by atoms with van der Waals surface area (Å²) in [6.45, 7) is 3.26. The Bertz CT molecular complexity index is 1200. The number of hydrogen-bond acceptors (Lipinski definition) is 4. The number of rotatable bonds is 12. The second-order valence-corrected chi connectivity index (χ2v) is 10.9. The first-order valence-electron chi connectivity index (χ1n) is 11.3. The highest BCUT2D eigenvalue weighted by molar-refractivity contribution is 7.92. The van der Waals surface area contributed by atoms with Gasteiger partial charge in [0.2, 0.25) is 21.8 Å². The standard InChI is InChI=1S/C24H29Cl2F2N3O4S/c1-4-6-11-29-24(33)22(5-2)30(14-16-7-8-17(25)12-19(16)26)23(32)15-31(36(3,34)35)18-9-10-20(27)21(28)13-18/h7-10,12-13,22H,4-6,11,14-15H2,1-3H3,(H,29,33)/t22-/m0/s1. The topological polar surface area (TPSA) is 86.8 Å². The zero-order chi connectivity index (χ0) is 27.0. The monoisotopic (exact) mass is 563 g/mol. The molecule has 0 fully saturated rings. The Balaban J connectivity index is 2.46. The van der Waals surface area contributed by atoms with Crippen molar-refractivity contribution in [2.24, 2.45) is 0 Å². The maximum absolute atomic E-state index is 13.9. The van der Waals surface area contributed by atoms with Crippen molar-refractivity contribution in [2.75, 3.05) is 23.7 Å². The molecule has 0 aromatic heterocycles. The molecule has 7 nitrogen and oxygen atoms in total. The Morgan fingerprint density at radius 3 is 2.31 bits per heavy atom. The van der Waals surface area contributed by atoms with Gasteiger partial charge in [0.05, 0.1) is 11.9 Å². The van der Waals surface area contributed by atoms with Crippen LogP contribution in [0.5, 0.6) is 0 Å². The summed E-state index contributed by atoms with van der Waals surface area (Å²) >= 11 is 12.3. The molecule has 1 atom stereocenters. The molecule has 2 aromatic carbocycles. The molecule has 0 saturated carbocycles. The van der Waals surface area contributed by atoms with Crippen LogP contribution in [-0.4, -0.2) is 50.5 Å². The number of nitrogens with zero attached hydrogens (tertiary/aromatic N) is 2. The first-order valence-corrected chi connectivity index (χ1v) is 13.9. The number of halogens is 4. The molecule has 0 aliphatic carbocycles. The van der Waals surface area contributed by atoms with E-state index in [-0.39, 0.29) is 23.7 Å². The van der Waals surface area contributed by atoms with Crippen LogP contribution in [-0.2, 0) is 26.2 Å². The van der Waals surface area contributed by atoms with E-state index in [4.69, 9.17) is 23.2 Å². The first-order chi connectivity index (χ1) is 16.9. The van der Waals surface area contributed by atoms with Crippen molar-refractivity contribution in [2.45, 2.75) is 45.7 Å². The molecule has 0 unspecified atom stereocenters. The highest BCUT2D eigenvalue weighted by Gasteiger charge is 2.32. The van der Waals surface area contributed by atoms with Crippen LogP contribution in [0.1, 0.15) is 38.7 Å². The predicted octanol–water partition coefficient (Wildman–Crippen LogP) is 4.76. The van der Waals surface area contributed by atoms with Gasteiger partial charge in [-0.05, 0) is 42.7 Å². The van der Waals surface area contributed by atoms with Crippen molar-refractivity contribution in [1.82, 2.24) is 10.2 Å². The first kappa shape index (κ1) is 29.8. The van der Waals surface area contributed by atoms with Gasteiger partial charge in [0.25, 0.3) is 0 Å². The van der Waals surface area contributed by atoms with Crippen molar-refractivity contribution in [3.05, 3.63) is 63.6 Å². The normalized spacial score (nSPS) is 12.2. The molecule has 0 saturated heterocycles. The molecule has 1 N–H and O–H groups in total. The maximum Gasteiger partial charge on any atom is 0.244 e. The summed E-state index contributed by atoms with van der Waals surface area (Å²) in [7, 11) is -4.08. The van der Waals surface area contributed by atoms with E-state index >= 15 is 0 Å². The SMILES string of the molecule is CCCCNC(=O)[C@H](CC)N(Cc1ccc(Cl)cc1Cl)C(=O)CN(c1ccc(F)c(F)c1)S(C)(=O)=O. The van der Waals surface area contributed by atoms with Gasteiger partial charge in [-0.25, -0.2) is 17.2 Å². The van der Waals surface area contributed by atoms with Crippen molar-refractivity contribution in [3.8, 4) is 0 Å². The fourth-order valence-corrected chi connectivity index (χ4v) is 4.82. The van der Waals surface area contributed by atoms with Gasteiger partial charge >= 0.3 is 0 Å². The number of hydrogen-bond donors (Lipinski definition) is 1. The van der Waals surface area contributed by atoms with Gasteiger partial charge in [-0.2, -0.15) is 0 Å². The minimum Gasteiger partial charge on any atom is -0.354 e. The number of unbranched alkanes of at least 4 members (excludes halogenated alkanes) is 1. The van der Waals surface area contributed by atoms with Gasteiger partial charge in [0, 0.05) is 29.2 Å². The fraction of sp³-hybridized carbons (Fsp3) is 0.417. The highest BCUT2D eigenvalue weighted by Crippen LogP contribution is 2.25. The Labute approximate surface area is 220 Å². The van der Waals surface area contributed by atoms with E-state index in [1.807, 2.05) is 6.92 Å². The van der Waals surface area contributed by atoms with E-state index in [9.17, 15) is 26.8 Å². The molecular formula is C24H29Cl2F2N3O4S. The minimum absolute atomic E-state index is 0.107. The van der Waals surface area contributed by atoms with Crippen LogP contribution in [0.3, 0.4) is 0 Å². The fourth-order valence-electron chi connectivity index (χ4n) is 3.51. The van der Waals surface area contributed by atoms with Gasteiger partial charge < -0.3 is 10.2 Å². The van der Waals surface area contributed by atoms with Gasteiger partial charge in [0.1, 0.15) is 12.6 Å². The molecule has 36 heavy (non-hydrogen) atoms. The Morgan fingerprint density at radius 2 is 1.75 bits per heavy atom. The summed E-state index contributed by atoms with van der Waals surface area (Å²) in [4.78, 5) is 27.8. The van der Waals surface area contributed by atoms with E-state index in [0.29, 0.717) is 27.5 Å². The molecule has 2 amide bonds. The van der Waals surface area contributed by atoms with Crippen molar-refractivity contribution in [1.29, 1.82) is 0 Å². The number of amides is 2. The average Bonchev–Trinajstić information content (AvgIpc) is 2.80. The smallest absolute Gasteiger partial charge is 0.244 e. The van der Waals surface area contributed by atoms with E-state index < -0.39 is 46.1 Å². The number of anilines is 1. The molecule has 0 spiro atoms. The van der Waals surface area contributed by atoms with Gasteiger partial charge in [0.15, 0.2) is 11.6 Å². The maximum atomic E-state index is 13.9. The molecule has 12 heteroatoms. The van der Waals surface area contributed by atoms with Crippen LogP contribution in [0.25, 0.3) is 0 Å². The predicted molar refractivity (Wildman–Crippen MR) is 138 cm³/mol. The molecule has 0 radical (unpaired) electrons. The molecule has 0 heterocycles. The van der Waals surface area contributed by atoms with Gasteiger partial charge in [-0.3, -0.25) is 13.9 Å². The lowest BCUT2D eigenvalue weighted by molar-refractivity contribution is -0.140. The molecule has 0 aliphatic heterocycles.